The maximum absolute atomic E-state index is 12.1. The zero-order valence-electron chi connectivity index (χ0n) is 14.8. The number of urea groups is 1. The number of fused-ring (bicyclic) bond motifs is 1. The topological polar surface area (TPSA) is 112 Å². The second kappa shape index (κ2) is 7.82. The molecule has 0 atom stereocenters. The van der Waals surface area contributed by atoms with Crippen LogP contribution in [0.1, 0.15) is 48.7 Å². The second-order valence-corrected chi connectivity index (χ2v) is 6.84. The number of rotatable bonds is 6. The molecule has 0 bridgehead atoms. The Morgan fingerprint density at radius 3 is 2.77 bits per heavy atom. The third kappa shape index (κ3) is 4.19. The van der Waals surface area contributed by atoms with Crippen LogP contribution in [0.25, 0.3) is 0 Å². The van der Waals surface area contributed by atoms with Gasteiger partial charge in [-0.2, -0.15) is 0 Å². The highest BCUT2D eigenvalue weighted by atomic mass is 16.4. The molecule has 1 aromatic rings. The lowest BCUT2D eigenvalue weighted by Crippen LogP contribution is -2.55. The van der Waals surface area contributed by atoms with Crippen molar-refractivity contribution in [2.45, 2.75) is 51.1 Å². The van der Waals surface area contributed by atoms with Gasteiger partial charge >= 0.3 is 12.0 Å². The van der Waals surface area contributed by atoms with Gasteiger partial charge in [-0.25, -0.2) is 9.78 Å². The summed E-state index contributed by atoms with van der Waals surface area (Å²) in [4.78, 5) is 41.1. The van der Waals surface area contributed by atoms with Crippen LogP contribution in [0.2, 0.25) is 0 Å². The Morgan fingerprint density at radius 1 is 1.31 bits per heavy atom. The molecule has 140 valence electrons. The van der Waals surface area contributed by atoms with Gasteiger partial charge in [0.05, 0.1) is 12.2 Å². The first-order valence-electron chi connectivity index (χ1n) is 9.02. The number of anilines is 1. The summed E-state index contributed by atoms with van der Waals surface area (Å²) in [7, 11) is 0. The zero-order chi connectivity index (χ0) is 18.7. The average molecular weight is 360 g/mol. The number of pyridine rings is 1. The fraction of sp³-hybridized carbons (Fsp3) is 0.556. The molecule has 0 saturated heterocycles. The minimum Gasteiger partial charge on any atom is -0.480 e. The van der Waals surface area contributed by atoms with Gasteiger partial charge in [-0.3, -0.25) is 19.8 Å². The van der Waals surface area contributed by atoms with E-state index < -0.39 is 5.97 Å². The highest BCUT2D eigenvalue weighted by Crippen LogP contribution is 2.26. The van der Waals surface area contributed by atoms with Crippen molar-refractivity contribution in [1.82, 2.24) is 15.2 Å². The third-order valence-electron chi connectivity index (χ3n) is 5.04. The van der Waals surface area contributed by atoms with E-state index in [4.69, 9.17) is 5.11 Å². The van der Waals surface area contributed by atoms with E-state index in [2.05, 4.69) is 15.6 Å². The Morgan fingerprint density at radius 2 is 2.08 bits per heavy atom. The summed E-state index contributed by atoms with van der Waals surface area (Å²) in [6, 6.07) is 3.27. The highest BCUT2D eigenvalue weighted by Gasteiger charge is 2.34. The molecule has 8 nitrogen and oxygen atoms in total. The van der Waals surface area contributed by atoms with Crippen LogP contribution in [0.15, 0.2) is 12.1 Å². The maximum Gasteiger partial charge on any atom is 0.320 e. The first-order valence-corrected chi connectivity index (χ1v) is 9.02. The number of carbonyl (C=O) groups is 3. The summed E-state index contributed by atoms with van der Waals surface area (Å²) >= 11 is 0. The van der Waals surface area contributed by atoms with E-state index in [1.165, 1.54) is 0 Å². The lowest BCUT2D eigenvalue weighted by atomic mass is 9.85. The van der Waals surface area contributed by atoms with Crippen molar-refractivity contribution in [2.75, 3.05) is 18.4 Å². The van der Waals surface area contributed by atoms with Crippen LogP contribution < -0.4 is 10.6 Å². The molecular weight excluding hydrogens is 336 g/mol. The number of likely N-dealkylation sites (N-methyl/N-ethyl adjacent to an activating group) is 1. The number of hydrogen-bond donors (Lipinski definition) is 3. The van der Waals surface area contributed by atoms with Gasteiger partial charge < -0.3 is 10.4 Å². The summed E-state index contributed by atoms with van der Waals surface area (Å²) in [5, 5.41) is 14.5. The van der Waals surface area contributed by atoms with Crippen LogP contribution >= 0.6 is 0 Å². The number of aliphatic carboxylic acids is 1. The van der Waals surface area contributed by atoms with Crippen molar-refractivity contribution < 1.29 is 19.5 Å². The van der Waals surface area contributed by atoms with Crippen LogP contribution in [-0.2, 0) is 11.2 Å². The third-order valence-corrected chi connectivity index (χ3v) is 5.04. The van der Waals surface area contributed by atoms with Gasteiger partial charge in [0.25, 0.3) is 0 Å². The largest absolute Gasteiger partial charge is 0.480 e. The molecule has 26 heavy (non-hydrogen) atoms. The number of hydrogen-bond acceptors (Lipinski definition) is 5. The number of carboxylic acids is 1. The van der Waals surface area contributed by atoms with Gasteiger partial charge in [0.2, 0.25) is 0 Å². The molecule has 3 N–H and O–H groups in total. The Hall–Kier alpha value is -2.48. The summed E-state index contributed by atoms with van der Waals surface area (Å²) in [6.07, 6.45) is 3.57. The van der Waals surface area contributed by atoms with Gasteiger partial charge in [0, 0.05) is 24.1 Å². The number of aromatic nitrogens is 1. The fourth-order valence-corrected chi connectivity index (χ4v) is 3.58. The van der Waals surface area contributed by atoms with Crippen LogP contribution in [-0.4, -0.2) is 57.9 Å². The molecule has 0 aliphatic heterocycles. The Balaban J connectivity index is 1.48. The van der Waals surface area contributed by atoms with Gasteiger partial charge in [0.15, 0.2) is 5.78 Å². The zero-order valence-corrected chi connectivity index (χ0v) is 14.8. The fourth-order valence-electron chi connectivity index (χ4n) is 3.58. The Bertz CT molecular complexity index is 715. The summed E-state index contributed by atoms with van der Waals surface area (Å²) in [5.74, 6) is -0.289. The number of nitrogens with zero attached hydrogens (tertiary/aromatic N) is 2. The number of amides is 2. The average Bonchev–Trinajstić information content (AvgIpc) is 2.56. The molecule has 8 heteroatoms. The molecular formula is C18H24N4O4. The Kier molecular flexibility index (Phi) is 5.51. The first-order chi connectivity index (χ1) is 12.5. The monoisotopic (exact) mass is 360 g/mol. The molecule has 0 unspecified atom stereocenters. The minimum absolute atomic E-state index is 0.0256. The first kappa shape index (κ1) is 18.3. The lowest BCUT2D eigenvalue weighted by Gasteiger charge is -2.42. The van der Waals surface area contributed by atoms with Crippen molar-refractivity contribution in [1.29, 1.82) is 0 Å². The molecule has 2 amide bonds. The number of carboxylic acid groups (broad SMARTS) is 1. The smallest absolute Gasteiger partial charge is 0.320 e. The summed E-state index contributed by atoms with van der Waals surface area (Å²) in [5.41, 5.74) is 1.40. The Labute approximate surface area is 152 Å². The van der Waals surface area contributed by atoms with Gasteiger partial charge in [-0.05, 0) is 44.4 Å². The molecule has 0 radical (unpaired) electrons. The molecule has 2 aliphatic rings. The standard InChI is InChI=1S/C18H24N4O4/c1-2-22(10-17(24)25)12-8-11(9-12)19-18(26)21-16-7-6-13-14(20-16)4-3-5-15(13)23/h6-7,11-12H,2-5,8-10H2,1H3,(H,24,25)(H2,19,20,21,26). The number of carbonyl (C=O) groups excluding carboxylic acids is 2. The van der Waals surface area contributed by atoms with Crippen molar-refractivity contribution in [3.05, 3.63) is 23.4 Å². The number of nitrogens with one attached hydrogen (secondary N) is 2. The molecule has 0 aromatic carbocycles. The van der Waals surface area contributed by atoms with Crippen molar-refractivity contribution >= 4 is 23.6 Å². The summed E-state index contributed by atoms with van der Waals surface area (Å²) in [6.45, 7) is 2.63. The highest BCUT2D eigenvalue weighted by molar-refractivity contribution is 5.98. The molecule has 1 aromatic heterocycles. The van der Waals surface area contributed by atoms with E-state index in [0.717, 1.165) is 31.4 Å². The van der Waals surface area contributed by atoms with Crippen LogP contribution in [0.3, 0.4) is 0 Å². The predicted octanol–water partition coefficient (Wildman–Crippen LogP) is 1.66. The lowest BCUT2D eigenvalue weighted by molar-refractivity contribution is -0.139. The van der Waals surface area contributed by atoms with E-state index >= 15 is 0 Å². The van der Waals surface area contributed by atoms with Crippen LogP contribution in [0.4, 0.5) is 10.6 Å². The predicted molar refractivity (Wildman–Crippen MR) is 95.4 cm³/mol. The van der Waals surface area contributed by atoms with E-state index in [1.807, 2.05) is 11.8 Å². The second-order valence-electron chi connectivity index (χ2n) is 6.84. The van der Waals surface area contributed by atoms with E-state index in [0.29, 0.717) is 24.3 Å². The molecule has 2 aliphatic carbocycles. The number of ketones is 1. The summed E-state index contributed by atoms with van der Waals surface area (Å²) < 4.78 is 0. The van der Waals surface area contributed by atoms with E-state index in [9.17, 15) is 14.4 Å². The van der Waals surface area contributed by atoms with Crippen LogP contribution in [0, 0.1) is 0 Å². The van der Waals surface area contributed by atoms with Crippen LogP contribution in [0.5, 0.6) is 0 Å². The van der Waals surface area contributed by atoms with E-state index in [-0.39, 0.29) is 30.4 Å². The number of Topliss-reactive ketones (excluding diaryl/α,β-unsaturated/α-hetero) is 1. The molecule has 3 rings (SSSR count). The molecule has 1 saturated carbocycles. The SMILES string of the molecule is CCN(CC(=O)O)C1CC(NC(=O)Nc2ccc3c(n2)CCCC3=O)C1. The number of aryl methyl sites for hydroxylation is 1. The quantitative estimate of drug-likeness (QED) is 0.711. The van der Waals surface area contributed by atoms with Crippen molar-refractivity contribution in [3.8, 4) is 0 Å². The minimum atomic E-state index is -0.835. The van der Waals surface area contributed by atoms with Crippen molar-refractivity contribution in [3.63, 3.8) is 0 Å². The molecule has 1 heterocycles. The van der Waals surface area contributed by atoms with E-state index in [1.54, 1.807) is 12.1 Å². The molecule has 0 spiro atoms. The van der Waals surface area contributed by atoms with Gasteiger partial charge in [0.1, 0.15) is 5.82 Å². The van der Waals surface area contributed by atoms with Crippen molar-refractivity contribution in [2.24, 2.45) is 0 Å². The van der Waals surface area contributed by atoms with Gasteiger partial charge in [-0.15, -0.1) is 0 Å². The van der Waals surface area contributed by atoms with Gasteiger partial charge in [-0.1, -0.05) is 6.92 Å². The molecule has 1 fully saturated rings. The normalized spacial score (nSPS) is 21.7. The maximum atomic E-state index is 12.1.